The number of piperidine rings is 1. The van der Waals surface area contributed by atoms with Crippen molar-refractivity contribution < 1.29 is 4.79 Å². The molecular weight excluding hydrogens is 288 g/mol. The van der Waals surface area contributed by atoms with Crippen molar-refractivity contribution in [3.63, 3.8) is 0 Å². The van der Waals surface area contributed by atoms with Gasteiger partial charge in [0, 0.05) is 24.7 Å². The Labute approximate surface area is 140 Å². The number of nitrogens with zero attached hydrogens (tertiary/aromatic N) is 3. The highest BCUT2D eigenvalue weighted by Crippen LogP contribution is 2.18. The number of likely N-dealkylation sites (tertiary alicyclic amines) is 1. The molecule has 0 aromatic carbocycles. The van der Waals surface area contributed by atoms with Crippen LogP contribution in [0.5, 0.6) is 0 Å². The van der Waals surface area contributed by atoms with Gasteiger partial charge in [0.2, 0.25) is 5.91 Å². The predicted octanol–water partition coefficient (Wildman–Crippen LogP) is 2.69. The van der Waals surface area contributed by atoms with Crippen molar-refractivity contribution in [2.75, 3.05) is 19.6 Å². The lowest BCUT2D eigenvalue weighted by atomic mass is 9.98. The van der Waals surface area contributed by atoms with Crippen LogP contribution in [0.15, 0.2) is 6.07 Å². The fourth-order valence-electron chi connectivity index (χ4n) is 3.38. The zero-order valence-corrected chi connectivity index (χ0v) is 15.3. The molecule has 0 saturated carbocycles. The molecule has 2 rings (SSSR count). The van der Waals surface area contributed by atoms with Crippen LogP contribution in [0.2, 0.25) is 0 Å². The topological polar surface area (TPSA) is 50.2 Å². The van der Waals surface area contributed by atoms with E-state index in [1.54, 1.807) is 0 Å². The summed E-state index contributed by atoms with van der Waals surface area (Å²) in [5.41, 5.74) is 2.11. The average molecular weight is 320 g/mol. The highest BCUT2D eigenvalue weighted by Gasteiger charge is 2.21. The Morgan fingerprint density at radius 2 is 1.96 bits per heavy atom. The number of hydrogen-bond acceptors (Lipinski definition) is 3. The zero-order chi connectivity index (χ0) is 17.0. The zero-order valence-electron chi connectivity index (χ0n) is 15.3. The van der Waals surface area contributed by atoms with Crippen LogP contribution in [0.25, 0.3) is 0 Å². The van der Waals surface area contributed by atoms with E-state index in [0.717, 1.165) is 36.9 Å². The van der Waals surface area contributed by atoms with Gasteiger partial charge in [0.1, 0.15) is 0 Å². The minimum Gasteiger partial charge on any atom is -0.354 e. The molecule has 1 aliphatic heterocycles. The lowest BCUT2D eigenvalue weighted by Crippen LogP contribution is -2.45. The smallest absolute Gasteiger partial charge is 0.222 e. The second kappa shape index (κ2) is 7.95. The van der Waals surface area contributed by atoms with E-state index in [2.05, 4.69) is 36.1 Å². The van der Waals surface area contributed by atoms with E-state index in [-0.39, 0.29) is 11.9 Å². The Hall–Kier alpha value is -1.36. The molecule has 5 nitrogen and oxygen atoms in total. The van der Waals surface area contributed by atoms with Crippen molar-refractivity contribution in [3.8, 4) is 0 Å². The van der Waals surface area contributed by atoms with Gasteiger partial charge in [0.15, 0.2) is 0 Å². The Morgan fingerprint density at radius 3 is 2.52 bits per heavy atom. The first kappa shape index (κ1) is 18.0. The molecule has 0 spiro atoms. The minimum atomic E-state index is 0.0924. The Balaban J connectivity index is 1.75. The van der Waals surface area contributed by atoms with Crippen molar-refractivity contribution in [3.05, 3.63) is 17.5 Å². The van der Waals surface area contributed by atoms with Crippen LogP contribution in [0, 0.1) is 19.8 Å². The van der Waals surface area contributed by atoms with Gasteiger partial charge < -0.3 is 5.32 Å². The van der Waals surface area contributed by atoms with Crippen LogP contribution in [0.1, 0.15) is 57.5 Å². The van der Waals surface area contributed by atoms with Crippen LogP contribution >= 0.6 is 0 Å². The van der Waals surface area contributed by atoms with Gasteiger partial charge in [0.25, 0.3) is 0 Å². The van der Waals surface area contributed by atoms with Gasteiger partial charge in [-0.25, -0.2) is 0 Å². The lowest BCUT2D eigenvalue weighted by Gasteiger charge is -2.35. The maximum absolute atomic E-state index is 12.2. The van der Waals surface area contributed by atoms with Crippen LogP contribution in [0.4, 0.5) is 0 Å². The van der Waals surface area contributed by atoms with E-state index in [1.807, 2.05) is 24.6 Å². The van der Waals surface area contributed by atoms with E-state index in [0.29, 0.717) is 12.5 Å². The summed E-state index contributed by atoms with van der Waals surface area (Å²) in [6, 6.07) is 2.55. The second-order valence-electron chi connectivity index (χ2n) is 7.30. The molecule has 0 bridgehead atoms. The maximum Gasteiger partial charge on any atom is 0.222 e. The Bertz CT molecular complexity index is 517. The molecular formula is C18H32N4O. The normalized spacial score (nSPS) is 19.5. The monoisotopic (exact) mass is 320 g/mol. The van der Waals surface area contributed by atoms with Crippen molar-refractivity contribution in [2.45, 2.75) is 66.0 Å². The van der Waals surface area contributed by atoms with Gasteiger partial charge in [-0.2, -0.15) is 5.10 Å². The van der Waals surface area contributed by atoms with E-state index in [9.17, 15) is 4.79 Å². The van der Waals surface area contributed by atoms with E-state index in [1.165, 1.54) is 12.8 Å². The van der Waals surface area contributed by atoms with Gasteiger partial charge in [-0.15, -0.1) is 0 Å². The quantitative estimate of drug-likeness (QED) is 0.877. The fraction of sp³-hybridized carbons (Fsp3) is 0.778. The molecule has 23 heavy (non-hydrogen) atoms. The molecule has 2 atom stereocenters. The van der Waals surface area contributed by atoms with E-state index < -0.39 is 0 Å². The van der Waals surface area contributed by atoms with E-state index in [4.69, 9.17) is 0 Å². The molecule has 1 aliphatic rings. The van der Waals surface area contributed by atoms with Crippen LogP contribution in [-0.2, 0) is 4.79 Å². The number of nitrogens with one attached hydrogen (secondary N) is 1. The maximum atomic E-state index is 12.2. The third-order valence-corrected chi connectivity index (χ3v) is 4.98. The number of amides is 1. The Morgan fingerprint density at radius 1 is 1.30 bits per heavy atom. The first-order valence-corrected chi connectivity index (χ1v) is 8.90. The lowest BCUT2D eigenvalue weighted by molar-refractivity contribution is -0.122. The molecule has 1 saturated heterocycles. The fourth-order valence-corrected chi connectivity index (χ4v) is 3.38. The summed E-state index contributed by atoms with van der Waals surface area (Å²) in [4.78, 5) is 14.7. The third-order valence-electron chi connectivity index (χ3n) is 4.98. The summed E-state index contributed by atoms with van der Waals surface area (Å²) in [5.74, 6) is 0.955. The van der Waals surface area contributed by atoms with Gasteiger partial charge in [-0.3, -0.25) is 14.4 Å². The molecule has 0 unspecified atom stereocenters. The molecule has 1 aromatic heterocycles. The van der Waals surface area contributed by atoms with Crippen LogP contribution in [0.3, 0.4) is 0 Å². The summed E-state index contributed by atoms with van der Waals surface area (Å²) in [7, 11) is 0. The molecule has 1 N–H and O–H groups in total. The Kier molecular flexibility index (Phi) is 6.22. The number of carbonyl (C=O) groups excluding carboxylic acids is 1. The summed E-state index contributed by atoms with van der Waals surface area (Å²) in [6.45, 7) is 13.6. The molecule has 1 fully saturated rings. The number of rotatable bonds is 6. The summed E-state index contributed by atoms with van der Waals surface area (Å²) in [5, 5.41) is 7.56. The van der Waals surface area contributed by atoms with E-state index >= 15 is 0 Å². The molecule has 130 valence electrons. The average Bonchev–Trinajstić information content (AvgIpc) is 2.84. The SMILES string of the molecule is Cc1cc(C)n([C@H](C)CC(=O)NC[C@@H](C)N2CCC(C)CC2)n1. The van der Waals surface area contributed by atoms with Gasteiger partial charge >= 0.3 is 0 Å². The number of aromatic nitrogens is 2. The van der Waals surface area contributed by atoms with Crippen molar-refractivity contribution in [1.29, 1.82) is 0 Å². The van der Waals surface area contributed by atoms with Crippen LogP contribution < -0.4 is 5.32 Å². The third kappa shape index (κ3) is 5.06. The summed E-state index contributed by atoms with van der Waals surface area (Å²) >= 11 is 0. The highest BCUT2D eigenvalue weighted by atomic mass is 16.1. The standard InChI is InChI=1S/C18H32N4O/c1-13-6-8-21(9-7-13)17(5)12-19-18(23)11-16(4)22-15(3)10-14(2)20-22/h10,13,16-17H,6-9,11-12H2,1-5H3,(H,19,23)/t16-,17-/m1/s1. The summed E-state index contributed by atoms with van der Waals surface area (Å²) in [6.07, 6.45) is 3.02. The minimum absolute atomic E-state index is 0.0924. The summed E-state index contributed by atoms with van der Waals surface area (Å²) < 4.78 is 1.95. The molecule has 2 heterocycles. The van der Waals surface area contributed by atoms with Crippen molar-refractivity contribution in [1.82, 2.24) is 20.0 Å². The highest BCUT2D eigenvalue weighted by molar-refractivity contribution is 5.76. The number of aryl methyl sites for hydroxylation is 2. The van der Waals surface area contributed by atoms with Gasteiger partial charge in [-0.05, 0) is 65.6 Å². The molecule has 1 amide bonds. The van der Waals surface area contributed by atoms with Gasteiger partial charge in [0.05, 0.1) is 11.7 Å². The molecule has 1 aromatic rings. The van der Waals surface area contributed by atoms with Crippen molar-refractivity contribution >= 4 is 5.91 Å². The second-order valence-corrected chi connectivity index (χ2v) is 7.30. The number of carbonyl (C=O) groups is 1. The first-order chi connectivity index (χ1) is 10.9. The first-order valence-electron chi connectivity index (χ1n) is 8.90. The van der Waals surface area contributed by atoms with Crippen molar-refractivity contribution in [2.24, 2.45) is 5.92 Å². The van der Waals surface area contributed by atoms with Gasteiger partial charge in [-0.1, -0.05) is 6.92 Å². The molecule has 5 heteroatoms. The van der Waals surface area contributed by atoms with Crippen LogP contribution in [-0.4, -0.2) is 46.3 Å². The largest absolute Gasteiger partial charge is 0.354 e. The molecule has 0 radical (unpaired) electrons. The predicted molar refractivity (Wildman–Crippen MR) is 93.5 cm³/mol. The molecule has 0 aliphatic carbocycles. The number of hydrogen-bond donors (Lipinski definition) is 1.